The normalized spacial score (nSPS) is 16.3. The lowest BCUT2D eigenvalue weighted by Crippen LogP contribution is -2.39. The van der Waals surface area contributed by atoms with Gasteiger partial charge in [-0.3, -0.25) is 14.6 Å². The number of aromatic nitrogens is 1. The van der Waals surface area contributed by atoms with Crippen molar-refractivity contribution >= 4 is 11.8 Å². The molecule has 1 aliphatic rings. The zero-order chi connectivity index (χ0) is 24.6. The van der Waals surface area contributed by atoms with Crippen LogP contribution in [0.15, 0.2) is 65.3 Å². The van der Waals surface area contributed by atoms with E-state index in [1.54, 1.807) is 43.6 Å². The second-order valence-corrected chi connectivity index (χ2v) is 8.30. The minimum atomic E-state index is -0.391. The molecule has 3 heterocycles. The summed E-state index contributed by atoms with van der Waals surface area (Å²) in [6, 6.07) is 14.6. The minimum Gasteiger partial charge on any atom is -0.497 e. The fraction of sp³-hybridized carbons (Fsp3) is 0.346. The molecule has 184 valence electrons. The van der Waals surface area contributed by atoms with E-state index in [9.17, 15) is 9.59 Å². The van der Waals surface area contributed by atoms with Crippen molar-refractivity contribution < 1.29 is 28.2 Å². The molecule has 2 amide bonds. The molecule has 1 saturated heterocycles. The molecule has 9 heteroatoms. The molecule has 1 aliphatic heterocycles. The maximum Gasteiger partial charge on any atom is 0.290 e. The quantitative estimate of drug-likeness (QED) is 0.466. The zero-order valence-electron chi connectivity index (χ0n) is 19.9. The van der Waals surface area contributed by atoms with E-state index in [1.165, 1.54) is 4.90 Å². The topological polar surface area (TPSA) is 94.3 Å². The molecule has 2 aromatic heterocycles. The summed E-state index contributed by atoms with van der Waals surface area (Å²) in [5.41, 5.74) is 1.87. The number of benzene rings is 1. The lowest BCUT2D eigenvalue weighted by Gasteiger charge is -2.25. The van der Waals surface area contributed by atoms with Crippen LogP contribution in [0.2, 0.25) is 0 Å². The summed E-state index contributed by atoms with van der Waals surface area (Å²) >= 11 is 0. The number of pyridine rings is 1. The van der Waals surface area contributed by atoms with E-state index in [0.717, 1.165) is 16.9 Å². The third-order valence-electron chi connectivity index (χ3n) is 5.71. The number of amides is 2. The van der Waals surface area contributed by atoms with Crippen LogP contribution in [0.25, 0.3) is 0 Å². The van der Waals surface area contributed by atoms with Crippen LogP contribution in [0, 0.1) is 0 Å². The predicted molar refractivity (Wildman–Crippen MR) is 127 cm³/mol. The second-order valence-electron chi connectivity index (χ2n) is 8.30. The van der Waals surface area contributed by atoms with Crippen LogP contribution in [0.5, 0.6) is 5.75 Å². The molecule has 0 aliphatic carbocycles. The van der Waals surface area contributed by atoms with Crippen molar-refractivity contribution in [3.63, 3.8) is 0 Å². The minimum absolute atomic E-state index is 0.0674. The molecule has 4 rings (SSSR count). The first-order valence-corrected chi connectivity index (χ1v) is 11.3. The number of hydrogen-bond donors (Lipinski definition) is 0. The molecule has 35 heavy (non-hydrogen) atoms. The van der Waals surface area contributed by atoms with E-state index in [1.807, 2.05) is 36.4 Å². The van der Waals surface area contributed by atoms with Crippen molar-refractivity contribution in [1.82, 2.24) is 14.8 Å². The van der Waals surface area contributed by atoms with Gasteiger partial charge in [0.1, 0.15) is 24.7 Å². The SMILES string of the molecule is COCc1ccc(C(=O)N2CC(=O)N(Cc3ccc(OC)cc3)CC(OCc3cccnc3)C2)o1. The van der Waals surface area contributed by atoms with E-state index < -0.39 is 6.10 Å². The number of ether oxygens (including phenoxy) is 3. The van der Waals surface area contributed by atoms with Gasteiger partial charge in [0.15, 0.2) is 5.76 Å². The number of carbonyl (C=O) groups excluding carboxylic acids is 2. The fourth-order valence-corrected chi connectivity index (χ4v) is 3.91. The number of nitrogens with zero attached hydrogens (tertiary/aromatic N) is 3. The molecule has 9 nitrogen and oxygen atoms in total. The van der Waals surface area contributed by atoms with Crippen LogP contribution < -0.4 is 4.74 Å². The maximum atomic E-state index is 13.2. The summed E-state index contributed by atoms with van der Waals surface area (Å²) in [5, 5.41) is 0. The first-order valence-electron chi connectivity index (χ1n) is 11.3. The van der Waals surface area contributed by atoms with Gasteiger partial charge in [-0.1, -0.05) is 18.2 Å². The van der Waals surface area contributed by atoms with Gasteiger partial charge in [-0.25, -0.2) is 0 Å². The van der Waals surface area contributed by atoms with E-state index in [0.29, 0.717) is 25.5 Å². The summed E-state index contributed by atoms with van der Waals surface area (Å²) in [6.07, 6.45) is 3.05. The summed E-state index contributed by atoms with van der Waals surface area (Å²) < 4.78 is 22.1. The Morgan fingerprint density at radius 2 is 1.89 bits per heavy atom. The van der Waals surface area contributed by atoms with Gasteiger partial charge in [0.05, 0.1) is 19.8 Å². The Morgan fingerprint density at radius 3 is 2.60 bits per heavy atom. The highest BCUT2D eigenvalue weighted by Gasteiger charge is 2.32. The zero-order valence-corrected chi connectivity index (χ0v) is 19.9. The average Bonchev–Trinajstić information content (AvgIpc) is 3.29. The molecule has 0 N–H and O–H groups in total. The largest absolute Gasteiger partial charge is 0.497 e. The first kappa shape index (κ1) is 24.4. The number of rotatable bonds is 9. The highest BCUT2D eigenvalue weighted by Crippen LogP contribution is 2.19. The summed E-state index contributed by atoms with van der Waals surface area (Å²) in [6.45, 7) is 1.52. The molecule has 0 spiro atoms. The van der Waals surface area contributed by atoms with Crippen molar-refractivity contribution in [3.8, 4) is 5.75 Å². The van der Waals surface area contributed by atoms with Gasteiger partial charge < -0.3 is 28.4 Å². The Kier molecular flexibility index (Phi) is 8.12. The van der Waals surface area contributed by atoms with E-state index in [4.69, 9.17) is 18.6 Å². The Morgan fingerprint density at radius 1 is 1.06 bits per heavy atom. The van der Waals surface area contributed by atoms with Gasteiger partial charge in [0.2, 0.25) is 5.91 Å². The van der Waals surface area contributed by atoms with Gasteiger partial charge in [0, 0.05) is 39.1 Å². The summed E-state index contributed by atoms with van der Waals surface area (Å²) in [7, 11) is 3.17. The molecule has 3 aromatic rings. The molecule has 0 saturated carbocycles. The van der Waals surface area contributed by atoms with Crippen LogP contribution >= 0.6 is 0 Å². The Bertz CT molecular complexity index is 1120. The summed E-state index contributed by atoms with van der Waals surface area (Å²) in [4.78, 5) is 33.8. The van der Waals surface area contributed by atoms with Gasteiger partial charge in [-0.05, 0) is 41.5 Å². The van der Waals surface area contributed by atoms with Crippen LogP contribution in [0.1, 0.15) is 27.4 Å². The monoisotopic (exact) mass is 479 g/mol. The van der Waals surface area contributed by atoms with Crippen LogP contribution in [0.3, 0.4) is 0 Å². The lowest BCUT2D eigenvalue weighted by atomic mass is 10.2. The predicted octanol–water partition coefficient (Wildman–Crippen LogP) is 2.90. The van der Waals surface area contributed by atoms with E-state index >= 15 is 0 Å². The third kappa shape index (κ3) is 6.46. The molecule has 1 atom stereocenters. The molecular formula is C26H29N3O6. The number of hydrogen-bond acceptors (Lipinski definition) is 7. The summed E-state index contributed by atoms with van der Waals surface area (Å²) in [5.74, 6) is 0.936. The number of furan rings is 1. The Balaban J connectivity index is 1.51. The van der Waals surface area contributed by atoms with Crippen molar-refractivity contribution in [2.24, 2.45) is 0 Å². The molecule has 1 aromatic carbocycles. The molecule has 1 fully saturated rings. The van der Waals surface area contributed by atoms with Crippen molar-refractivity contribution in [2.45, 2.75) is 25.9 Å². The Labute approximate surface area is 204 Å². The Hall–Kier alpha value is -3.69. The second kappa shape index (κ2) is 11.6. The van der Waals surface area contributed by atoms with Crippen molar-refractivity contribution in [2.75, 3.05) is 33.9 Å². The van der Waals surface area contributed by atoms with E-state index in [2.05, 4.69) is 4.98 Å². The fourth-order valence-electron chi connectivity index (χ4n) is 3.91. The van der Waals surface area contributed by atoms with Gasteiger partial charge in [-0.15, -0.1) is 0 Å². The molecule has 1 unspecified atom stereocenters. The van der Waals surface area contributed by atoms with Crippen LogP contribution in [-0.2, 0) is 34.0 Å². The third-order valence-corrected chi connectivity index (χ3v) is 5.71. The van der Waals surface area contributed by atoms with Crippen molar-refractivity contribution in [1.29, 1.82) is 0 Å². The van der Waals surface area contributed by atoms with Gasteiger partial charge in [-0.2, -0.15) is 0 Å². The first-order chi connectivity index (χ1) is 17.1. The molecule has 0 bridgehead atoms. The van der Waals surface area contributed by atoms with Crippen LogP contribution in [0.4, 0.5) is 0 Å². The number of methoxy groups -OCH3 is 2. The molecular weight excluding hydrogens is 450 g/mol. The maximum absolute atomic E-state index is 13.2. The highest BCUT2D eigenvalue weighted by atomic mass is 16.5. The van der Waals surface area contributed by atoms with Crippen molar-refractivity contribution in [3.05, 3.63) is 83.6 Å². The van der Waals surface area contributed by atoms with Crippen LogP contribution in [-0.4, -0.2) is 66.6 Å². The standard InChI is InChI=1S/C26H29N3O6/c1-32-18-22-9-10-24(35-22)26(31)29-15-23(34-17-20-4-3-11-27-12-20)14-28(25(30)16-29)13-19-5-7-21(33-2)8-6-19/h3-12,23H,13-18H2,1-2H3. The smallest absolute Gasteiger partial charge is 0.290 e. The van der Waals surface area contributed by atoms with E-state index in [-0.39, 0.29) is 37.3 Å². The lowest BCUT2D eigenvalue weighted by molar-refractivity contribution is -0.132. The van der Waals surface area contributed by atoms with Gasteiger partial charge in [0.25, 0.3) is 5.91 Å². The average molecular weight is 480 g/mol. The van der Waals surface area contributed by atoms with Gasteiger partial charge >= 0.3 is 0 Å². The number of carbonyl (C=O) groups is 2. The molecule has 0 radical (unpaired) electrons. The highest BCUT2D eigenvalue weighted by molar-refractivity contribution is 5.94.